The molecule has 11 rings (SSSR count). The molecule has 11 aromatic rings. The lowest BCUT2D eigenvalue weighted by molar-refractivity contribution is 1.18. The van der Waals surface area contributed by atoms with Crippen molar-refractivity contribution in [3.63, 3.8) is 0 Å². The van der Waals surface area contributed by atoms with Crippen LogP contribution in [0, 0.1) is 0 Å². The van der Waals surface area contributed by atoms with Crippen molar-refractivity contribution in [1.29, 1.82) is 0 Å². The van der Waals surface area contributed by atoms with Gasteiger partial charge in [-0.15, -0.1) is 0 Å². The Kier molecular flexibility index (Phi) is 7.53. The lowest BCUT2D eigenvalue weighted by atomic mass is 9.95. The molecule has 0 N–H and O–H groups in total. The normalized spacial score (nSPS) is 11.6. The Hall–Kier alpha value is -7.42. The third-order valence-electron chi connectivity index (χ3n) is 11.4. The largest absolute Gasteiger partial charge is 0.309 e. The van der Waals surface area contributed by atoms with Crippen LogP contribution in [0.3, 0.4) is 0 Å². The second-order valence-electron chi connectivity index (χ2n) is 14.5. The van der Waals surface area contributed by atoms with Gasteiger partial charge in [-0.05, 0) is 98.4 Å². The molecule has 0 fully saturated rings. The van der Waals surface area contributed by atoms with E-state index in [4.69, 9.17) is 0 Å². The van der Waals surface area contributed by atoms with E-state index in [1.54, 1.807) is 0 Å². The summed E-state index contributed by atoms with van der Waals surface area (Å²) in [5, 5.41) is 9.85. The molecule has 2 heteroatoms. The fourth-order valence-corrected chi connectivity index (χ4v) is 8.81. The zero-order valence-electron chi connectivity index (χ0n) is 30.7. The van der Waals surface area contributed by atoms with E-state index < -0.39 is 0 Å². The summed E-state index contributed by atoms with van der Waals surface area (Å²) in [7, 11) is 0. The highest BCUT2D eigenvalue weighted by Crippen LogP contribution is 2.45. The molecule has 56 heavy (non-hydrogen) atoms. The van der Waals surface area contributed by atoms with Crippen LogP contribution in [0.2, 0.25) is 0 Å². The van der Waals surface area contributed by atoms with Crippen molar-refractivity contribution >= 4 is 71.2 Å². The Morgan fingerprint density at radius 2 is 0.821 bits per heavy atom. The number of fused-ring (bicyclic) bond motifs is 6. The van der Waals surface area contributed by atoms with Gasteiger partial charge in [0.25, 0.3) is 0 Å². The average molecular weight is 713 g/mol. The summed E-state index contributed by atoms with van der Waals surface area (Å²) in [4.78, 5) is 2.44. The first kappa shape index (κ1) is 32.0. The summed E-state index contributed by atoms with van der Waals surface area (Å²) in [6.45, 7) is 0. The summed E-state index contributed by atoms with van der Waals surface area (Å²) in [5.41, 5.74) is 11.8. The maximum absolute atomic E-state index is 2.44. The van der Waals surface area contributed by atoms with Crippen molar-refractivity contribution in [2.75, 3.05) is 4.90 Å². The van der Waals surface area contributed by atoms with Crippen molar-refractivity contribution in [3.05, 3.63) is 218 Å². The third kappa shape index (κ3) is 5.19. The summed E-state index contributed by atoms with van der Waals surface area (Å²) in [6.07, 6.45) is 0. The van der Waals surface area contributed by atoms with E-state index >= 15 is 0 Å². The standard InChI is InChI=1S/C54H36N2/c1-2-18-41(19-3-1)55-52-27-9-8-22-49(52)50-36-40(32-35-54(50)55)45-24-12-26-48-47(45)25-13-29-53(48)56(51-28-11-17-38-15-5-7-21-46(38)51)42-33-30-39(31-34-42)44-23-10-16-37-14-4-6-20-43(37)44/h1-36H. The fraction of sp³-hybridized carbons (Fsp3) is 0. The number of hydrogen-bond donors (Lipinski definition) is 0. The number of rotatable bonds is 6. The van der Waals surface area contributed by atoms with Gasteiger partial charge in [0.2, 0.25) is 0 Å². The first-order valence-electron chi connectivity index (χ1n) is 19.3. The van der Waals surface area contributed by atoms with Crippen LogP contribution in [0.1, 0.15) is 0 Å². The van der Waals surface area contributed by atoms with E-state index in [1.807, 2.05) is 0 Å². The molecule has 0 spiro atoms. The predicted octanol–water partition coefficient (Wildman–Crippen LogP) is 15.0. The second kappa shape index (κ2) is 13.2. The van der Waals surface area contributed by atoms with E-state index in [1.165, 1.54) is 82.1 Å². The van der Waals surface area contributed by atoms with Gasteiger partial charge >= 0.3 is 0 Å². The van der Waals surface area contributed by atoms with Gasteiger partial charge in [-0.25, -0.2) is 0 Å². The predicted molar refractivity (Wildman–Crippen MR) is 239 cm³/mol. The molecule has 0 atom stereocenters. The van der Waals surface area contributed by atoms with Gasteiger partial charge in [0.15, 0.2) is 0 Å². The van der Waals surface area contributed by atoms with Crippen LogP contribution < -0.4 is 4.90 Å². The summed E-state index contributed by atoms with van der Waals surface area (Å²) in [5.74, 6) is 0. The maximum atomic E-state index is 2.44. The molecule has 0 amide bonds. The van der Waals surface area contributed by atoms with E-state index in [0.717, 1.165) is 17.1 Å². The summed E-state index contributed by atoms with van der Waals surface area (Å²) < 4.78 is 2.38. The molecular formula is C54H36N2. The molecule has 1 heterocycles. The molecule has 10 aromatic carbocycles. The van der Waals surface area contributed by atoms with Crippen LogP contribution in [0.4, 0.5) is 17.1 Å². The van der Waals surface area contributed by atoms with Crippen molar-refractivity contribution < 1.29 is 0 Å². The lowest BCUT2D eigenvalue weighted by Crippen LogP contribution is -2.11. The molecule has 0 aliphatic rings. The summed E-state index contributed by atoms with van der Waals surface area (Å²) >= 11 is 0. The Balaban J connectivity index is 1.09. The highest BCUT2D eigenvalue weighted by molar-refractivity contribution is 6.13. The van der Waals surface area contributed by atoms with Crippen LogP contribution in [-0.2, 0) is 0 Å². The average Bonchev–Trinajstić information content (AvgIpc) is 3.60. The SMILES string of the molecule is c1ccc(-n2c3ccccc3c3cc(-c4cccc5c(N(c6ccc(-c7cccc8ccccc78)cc6)c6cccc7ccccc67)cccc45)ccc32)cc1. The Morgan fingerprint density at radius 3 is 1.62 bits per heavy atom. The minimum atomic E-state index is 1.11. The fourth-order valence-electron chi connectivity index (χ4n) is 8.81. The van der Waals surface area contributed by atoms with Gasteiger partial charge in [-0.3, -0.25) is 0 Å². The highest BCUT2D eigenvalue weighted by Gasteiger charge is 2.20. The van der Waals surface area contributed by atoms with Crippen LogP contribution in [0.15, 0.2) is 218 Å². The number of nitrogens with zero attached hydrogens (tertiary/aromatic N) is 2. The maximum Gasteiger partial charge on any atom is 0.0541 e. The summed E-state index contributed by atoms with van der Waals surface area (Å²) in [6, 6.07) is 79.5. The van der Waals surface area contributed by atoms with Gasteiger partial charge in [0.05, 0.1) is 22.4 Å². The van der Waals surface area contributed by atoms with Crippen LogP contribution in [0.25, 0.3) is 82.1 Å². The van der Waals surface area contributed by atoms with E-state index in [-0.39, 0.29) is 0 Å². The molecule has 0 aliphatic heterocycles. The van der Waals surface area contributed by atoms with Gasteiger partial charge in [-0.2, -0.15) is 0 Å². The Bertz CT molecular complexity index is 3240. The third-order valence-corrected chi connectivity index (χ3v) is 11.4. The number of aromatic nitrogens is 1. The smallest absolute Gasteiger partial charge is 0.0541 e. The van der Waals surface area contributed by atoms with Crippen molar-refractivity contribution in [2.45, 2.75) is 0 Å². The number of hydrogen-bond acceptors (Lipinski definition) is 1. The first-order valence-corrected chi connectivity index (χ1v) is 19.3. The highest BCUT2D eigenvalue weighted by atomic mass is 15.1. The molecule has 0 radical (unpaired) electrons. The van der Waals surface area contributed by atoms with Crippen molar-refractivity contribution in [2.24, 2.45) is 0 Å². The zero-order chi connectivity index (χ0) is 37.0. The molecule has 0 saturated carbocycles. The van der Waals surface area contributed by atoms with Crippen LogP contribution in [0.5, 0.6) is 0 Å². The van der Waals surface area contributed by atoms with Gasteiger partial charge < -0.3 is 9.47 Å². The Labute approximate surface area is 325 Å². The topological polar surface area (TPSA) is 8.17 Å². The van der Waals surface area contributed by atoms with E-state index in [9.17, 15) is 0 Å². The Morgan fingerprint density at radius 1 is 0.304 bits per heavy atom. The molecule has 0 unspecified atom stereocenters. The second-order valence-corrected chi connectivity index (χ2v) is 14.5. The molecule has 0 bridgehead atoms. The molecule has 0 saturated heterocycles. The first-order chi connectivity index (χ1) is 27.8. The van der Waals surface area contributed by atoms with Crippen LogP contribution in [-0.4, -0.2) is 4.57 Å². The quantitative estimate of drug-likeness (QED) is 0.167. The van der Waals surface area contributed by atoms with Crippen LogP contribution >= 0.6 is 0 Å². The zero-order valence-corrected chi connectivity index (χ0v) is 30.7. The number of para-hydroxylation sites is 2. The molecule has 1 aromatic heterocycles. The van der Waals surface area contributed by atoms with E-state index in [0.29, 0.717) is 0 Å². The number of anilines is 3. The van der Waals surface area contributed by atoms with E-state index in [2.05, 4.69) is 228 Å². The van der Waals surface area contributed by atoms with Crippen molar-refractivity contribution in [1.82, 2.24) is 4.57 Å². The van der Waals surface area contributed by atoms with Crippen molar-refractivity contribution in [3.8, 4) is 27.9 Å². The molecular weight excluding hydrogens is 677 g/mol. The molecule has 262 valence electrons. The minimum absolute atomic E-state index is 1.11. The number of benzene rings is 10. The lowest BCUT2D eigenvalue weighted by Gasteiger charge is -2.28. The minimum Gasteiger partial charge on any atom is -0.309 e. The van der Waals surface area contributed by atoms with Gasteiger partial charge in [-0.1, -0.05) is 164 Å². The van der Waals surface area contributed by atoms with Gasteiger partial charge in [0.1, 0.15) is 0 Å². The molecule has 2 nitrogen and oxygen atoms in total. The monoisotopic (exact) mass is 712 g/mol. The van der Waals surface area contributed by atoms with Gasteiger partial charge in [0, 0.05) is 32.9 Å². The molecule has 0 aliphatic carbocycles.